The highest BCUT2D eigenvalue weighted by Crippen LogP contribution is 2.16. The molecule has 0 aliphatic carbocycles. The minimum Gasteiger partial charge on any atom is -0.424 e. The van der Waals surface area contributed by atoms with E-state index in [4.69, 9.17) is 14.8 Å². The Morgan fingerprint density at radius 2 is 2.33 bits per heavy atom. The van der Waals surface area contributed by atoms with Crippen LogP contribution >= 0.6 is 0 Å². The van der Waals surface area contributed by atoms with Crippen LogP contribution in [0, 0.1) is 0 Å². The van der Waals surface area contributed by atoms with Crippen molar-refractivity contribution in [1.82, 2.24) is 5.32 Å². The third-order valence-electron chi connectivity index (χ3n) is 1.65. The van der Waals surface area contributed by atoms with E-state index in [0.29, 0.717) is 0 Å². The van der Waals surface area contributed by atoms with Crippen molar-refractivity contribution >= 4 is 7.12 Å². The number of ether oxygens (including phenoxy) is 1. The molecule has 1 heterocycles. The maximum atomic E-state index is 12.4. The Bertz CT molecular complexity index is 231. The summed E-state index contributed by atoms with van der Waals surface area (Å²) in [5.74, 6) is -0.497. The molecule has 0 bridgehead atoms. The van der Waals surface area contributed by atoms with Gasteiger partial charge in [-0.3, -0.25) is 0 Å². The van der Waals surface area contributed by atoms with Crippen LogP contribution in [0.25, 0.3) is 0 Å². The normalized spacial score (nSPS) is 27.8. The summed E-state index contributed by atoms with van der Waals surface area (Å²) < 4.78 is 17.2. The smallest absolute Gasteiger partial charge is 0.424 e. The first-order valence-electron chi connectivity index (χ1n) is 3.34. The van der Waals surface area contributed by atoms with Crippen molar-refractivity contribution in [1.29, 1.82) is 0 Å². The summed E-state index contributed by atoms with van der Waals surface area (Å²) in [5, 5.41) is 20.1. The van der Waals surface area contributed by atoms with Crippen LogP contribution in [0.15, 0.2) is 24.2 Å². The number of hydrogen-bond acceptors (Lipinski definition) is 4. The highest BCUT2D eigenvalue weighted by Gasteiger charge is 2.41. The highest BCUT2D eigenvalue weighted by molar-refractivity contribution is 6.46. The average molecular weight is 173 g/mol. The molecule has 1 unspecified atom stereocenters. The molecule has 0 spiro atoms. The van der Waals surface area contributed by atoms with Crippen LogP contribution in [0.1, 0.15) is 0 Å². The van der Waals surface area contributed by atoms with Crippen LogP contribution in [0.5, 0.6) is 0 Å². The summed E-state index contributed by atoms with van der Waals surface area (Å²) in [4.78, 5) is 0. The standard InChI is InChI=1S/C6H9BFNO3/c1-12-6(7(10)11)3-2-5(8)4-9-6/h2-4,9-11H,1H3. The number of nitrogens with one attached hydrogen (secondary N) is 1. The SMILES string of the molecule is COC1(B(O)O)C=CC(F)=CN1. The Labute approximate surface area is 69.5 Å². The summed E-state index contributed by atoms with van der Waals surface area (Å²) in [6.07, 6.45) is 3.30. The lowest BCUT2D eigenvalue weighted by Crippen LogP contribution is -2.56. The lowest BCUT2D eigenvalue weighted by molar-refractivity contribution is 0.0498. The van der Waals surface area contributed by atoms with Gasteiger partial charge in [0.05, 0.1) is 0 Å². The van der Waals surface area contributed by atoms with E-state index >= 15 is 0 Å². The predicted molar refractivity (Wildman–Crippen MR) is 41.4 cm³/mol. The molecule has 1 atom stereocenters. The van der Waals surface area contributed by atoms with Crippen molar-refractivity contribution in [3.8, 4) is 0 Å². The first-order valence-corrected chi connectivity index (χ1v) is 3.34. The van der Waals surface area contributed by atoms with E-state index in [1.807, 2.05) is 0 Å². The second-order valence-corrected chi connectivity index (χ2v) is 2.38. The quantitative estimate of drug-likeness (QED) is 0.483. The van der Waals surface area contributed by atoms with Gasteiger partial charge in [-0.05, 0) is 12.2 Å². The van der Waals surface area contributed by atoms with Gasteiger partial charge in [0.1, 0.15) is 5.83 Å². The van der Waals surface area contributed by atoms with Gasteiger partial charge in [0, 0.05) is 13.3 Å². The molecule has 3 N–H and O–H groups in total. The van der Waals surface area contributed by atoms with Gasteiger partial charge in [-0.15, -0.1) is 0 Å². The summed E-state index contributed by atoms with van der Waals surface area (Å²) >= 11 is 0. The molecule has 0 amide bonds. The maximum Gasteiger partial charge on any atom is 0.512 e. The number of halogens is 1. The summed E-state index contributed by atoms with van der Waals surface area (Å²) in [6.45, 7) is 0. The molecule has 0 saturated heterocycles. The van der Waals surface area contributed by atoms with Crippen LogP contribution in [-0.4, -0.2) is 29.9 Å². The summed E-state index contributed by atoms with van der Waals surface area (Å²) in [7, 11) is -0.462. The van der Waals surface area contributed by atoms with Crippen molar-refractivity contribution < 1.29 is 19.2 Å². The fraction of sp³-hybridized carbons (Fsp3) is 0.333. The third kappa shape index (κ3) is 1.50. The highest BCUT2D eigenvalue weighted by atomic mass is 19.1. The van der Waals surface area contributed by atoms with Crippen LogP contribution in [-0.2, 0) is 4.74 Å². The summed E-state index contributed by atoms with van der Waals surface area (Å²) in [6, 6.07) is 0. The molecule has 12 heavy (non-hydrogen) atoms. The van der Waals surface area contributed by atoms with Crippen molar-refractivity contribution in [2.45, 2.75) is 5.62 Å². The molecule has 66 valence electrons. The van der Waals surface area contributed by atoms with E-state index in [0.717, 1.165) is 12.3 Å². The molecule has 0 aromatic carbocycles. The fourth-order valence-electron chi connectivity index (χ4n) is 0.874. The van der Waals surface area contributed by atoms with Crippen molar-refractivity contribution in [2.75, 3.05) is 7.11 Å². The van der Waals surface area contributed by atoms with Gasteiger partial charge in [-0.25, -0.2) is 4.39 Å². The van der Waals surface area contributed by atoms with E-state index in [9.17, 15) is 4.39 Å². The second-order valence-electron chi connectivity index (χ2n) is 2.38. The molecule has 0 aromatic heterocycles. The van der Waals surface area contributed by atoms with E-state index in [2.05, 4.69) is 5.32 Å². The topological polar surface area (TPSA) is 61.7 Å². The van der Waals surface area contributed by atoms with Crippen LogP contribution in [0.3, 0.4) is 0 Å². The van der Waals surface area contributed by atoms with Gasteiger partial charge in [0.2, 0.25) is 0 Å². The fourth-order valence-corrected chi connectivity index (χ4v) is 0.874. The van der Waals surface area contributed by atoms with Gasteiger partial charge in [0.25, 0.3) is 0 Å². The van der Waals surface area contributed by atoms with Gasteiger partial charge >= 0.3 is 7.12 Å². The molecule has 1 aliphatic heterocycles. The zero-order chi connectivity index (χ0) is 9.19. The minimum atomic E-state index is -1.75. The van der Waals surface area contributed by atoms with Gasteiger partial charge < -0.3 is 20.1 Å². The Kier molecular flexibility index (Phi) is 2.51. The monoisotopic (exact) mass is 173 g/mol. The zero-order valence-corrected chi connectivity index (χ0v) is 6.49. The molecular formula is C6H9BFNO3. The second kappa shape index (κ2) is 3.26. The molecule has 0 fully saturated rings. The number of hydrogen-bond donors (Lipinski definition) is 3. The van der Waals surface area contributed by atoms with Gasteiger partial charge in [0.15, 0.2) is 5.62 Å². The Morgan fingerprint density at radius 1 is 1.67 bits per heavy atom. The van der Waals surface area contributed by atoms with E-state index < -0.39 is 18.6 Å². The Hall–Kier alpha value is -0.845. The van der Waals surface area contributed by atoms with Crippen molar-refractivity contribution in [3.63, 3.8) is 0 Å². The van der Waals surface area contributed by atoms with E-state index in [1.165, 1.54) is 13.2 Å². The first kappa shape index (κ1) is 9.24. The van der Waals surface area contributed by atoms with Crippen molar-refractivity contribution in [2.24, 2.45) is 0 Å². The number of rotatable bonds is 2. The lowest BCUT2D eigenvalue weighted by atomic mass is 9.74. The predicted octanol–water partition coefficient (Wildman–Crippen LogP) is -0.689. The summed E-state index contributed by atoms with van der Waals surface area (Å²) in [5.41, 5.74) is -1.43. The number of methoxy groups -OCH3 is 1. The van der Waals surface area contributed by atoms with E-state index in [1.54, 1.807) is 0 Å². The van der Waals surface area contributed by atoms with Crippen molar-refractivity contribution in [3.05, 3.63) is 24.2 Å². The molecule has 0 radical (unpaired) electrons. The molecule has 1 rings (SSSR count). The molecular weight excluding hydrogens is 164 g/mol. The van der Waals surface area contributed by atoms with Gasteiger partial charge in [-0.2, -0.15) is 0 Å². The van der Waals surface area contributed by atoms with Gasteiger partial charge in [-0.1, -0.05) is 0 Å². The number of allylic oxidation sites excluding steroid dienone is 2. The number of dihydropyridines is 1. The molecule has 6 heteroatoms. The lowest BCUT2D eigenvalue weighted by Gasteiger charge is -2.30. The van der Waals surface area contributed by atoms with Crippen LogP contribution in [0.2, 0.25) is 0 Å². The molecule has 0 aromatic rings. The average Bonchev–Trinajstić information content (AvgIpc) is 2.06. The Morgan fingerprint density at radius 3 is 2.67 bits per heavy atom. The van der Waals surface area contributed by atoms with E-state index in [-0.39, 0.29) is 0 Å². The first-order chi connectivity index (χ1) is 5.60. The molecule has 0 saturated carbocycles. The minimum absolute atomic E-state index is 0.497. The van der Waals surface area contributed by atoms with Crippen LogP contribution < -0.4 is 5.32 Å². The zero-order valence-electron chi connectivity index (χ0n) is 6.49. The third-order valence-corrected chi connectivity index (χ3v) is 1.65. The largest absolute Gasteiger partial charge is 0.512 e. The van der Waals surface area contributed by atoms with Crippen LogP contribution in [0.4, 0.5) is 4.39 Å². The maximum absolute atomic E-state index is 12.4. The molecule has 1 aliphatic rings. The Balaban J connectivity index is 2.80. The molecule has 4 nitrogen and oxygen atoms in total.